The summed E-state index contributed by atoms with van der Waals surface area (Å²) in [5.74, 6) is 0.0124. The summed E-state index contributed by atoms with van der Waals surface area (Å²) < 4.78 is 0. The van der Waals surface area contributed by atoms with E-state index in [9.17, 15) is 4.79 Å². The van der Waals surface area contributed by atoms with E-state index in [-0.39, 0.29) is 5.91 Å². The molecule has 1 aromatic carbocycles. The highest BCUT2D eigenvalue weighted by molar-refractivity contribution is 5.86. The molecule has 4 heteroatoms. The first-order valence-electron chi connectivity index (χ1n) is 9.96. The third kappa shape index (κ3) is 4.83. The molecule has 1 heterocycles. The standard InChI is InChI=1S/C21H33N3O/c1-17-7-3-6-14-24(17)16-19-10-8-18(9-11-19)15-23-20(25)21(22)12-4-2-5-13-21/h8-11,17H,2-7,12-16,22H2,1H3,(H,23,25). The number of nitrogens with one attached hydrogen (secondary N) is 1. The van der Waals surface area contributed by atoms with Crippen LogP contribution < -0.4 is 11.1 Å². The van der Waals surface area contributed by atoms with Gasteiger partial charge in [-0.25, -0.2) is 0 Å². The SMILES string of the molecule is CC1CCCCN1Cc1ccc(CNC(=O)C2(N)CCCCC2)cc1. The van der Waals surface area contributed by atoms with Crippen LogP contribution in [-0.2, 0) is 17.9 Å². The van der Waals surface area contributed by atoms with Crippen LogP contribution in [0, 0.1) is 0 Å². The summed E-state index contributed by atoms with van der Waals surface area (Å²) >= 11 is 0. The van der Waals surface area contributed by atoms with Gasteiger partial charge in [-0.05, 0) is 50.3 Å². The highest BCUT2D eigenvalue weighted by atomic mass is 16.2. The molecule has 0 spiro atoms. The molecule has 25 heavy (non-hydrogen) atoms. The van der Waals surface area contributed by atoms with Crippen LogP contribution in [0.3, 0.4) is 0 Å². The van der Waals surface area contributed by atoms with Gasteiger partial charge in [0.2, 0.25) is 5.91 Å². The Hall–Kier alpha value is -1.39. The molecular formula is C21H33N3O. The van der Waals surface area contributed by atoms with Crippen molar-refractivity contribution in [2.45, 2.75) is 83.0 Å². The molecule has 3 N–H and O–H groups in total. The lowest BCUT2D eigenvalue weighted by Gasteiger charge is -2.33. The molecule has 2 fully saturated rings. The van der Waals surface area contributed by atoms with E-state index in [0.717, 1.165) is 37.8 Å². The number of amides is 1. The molecule has 0 radical (unpaired) electrons. The van der Waals surface area contributed by atoms with Gasteiger partial charge in [-0.2, -0.15) is 0 Å². The van der Waals surface area contributed by atoms with Gasteiger partial charge >= 0.3 is 0 Å². The van der Waals surface area contributed by atoms with Crippen LogP contribution in [0.4, 0.5) is 0 Å². The maximum absolute atomic E-state index is 12.4. The predicted octanol–water partition coefficient (Wildman–Crippen LogP) is 3.34. The number of nitrogens with zero attached hydrogens (tertiary/aromatic N) is 1. The van der Waals surface area contributed by atoms with E-state index in [0.29, 0.717) is 12.6 Å². The lowest BCUT2D eigenvalue weighted by molar-refractivity contribution is -0.127. The summed E-state index contributed by atoms with van der Waals surface area (Å²) in [6, 6.07) is 9.34. The fourth-order valence-electron chi connectivity index (χ4n) is 4.16. The quantitative estimate of drug-likeness (QED) is 0.862. The molecule has 1 unspecified atom stereocenters. The fraction of sp³-hybridized carbons (Fsp3) is 0.667. The minimum Gasteiger partial charge on any atom is -0.350 e. The zero-order chi connectivity index (χ0) is 17.7. The van der Waals surface area contributed by atoms with Gasteiger partial charge in [-0.3, -0.25) is 9.69 Å². The number of rotatable bonds is 5. The number of hydrogen-bond donors (Lipinski definition) is 2. The smallest absolute Gasteiger partial charge is 0.240 e. The van der Waals surface area contributed by atoms with E-state index in [1.807, 2.05) is 0 Å². The molecule has 1 amide bonds. The van der Waals surface area contributed by atoms with E-state index in [1.54, 1.807) is 0 Å². The molecule has 1 aliphatic heterocycles. The zero-order valence-corrected chi connectivity index (χ0v) is 15.6. The van der Waals surface area contributed by atoms with Gasteiger partial charge in [-0.1, -0.05) is 49.9 Å². The number of piperidine rings is 1. The van der Waals surface area contributed by atoms with E-state index in [2.05, 4.69) is 41.4 Å². The third-order valence-corrected chi connectivity index (χ3v) is 6.00. The van der Waals surface area contributed by atoms with Crippen molar-refractivity contribution in [2.24, 2.45) is 5.73 Å². The van der Waals surface area contributed by atoms with Crippen molar-refractivity contribution in [3.05, 3.63) is 35.4 Å². The van der Waals surface area contributed by atoms with Crippen LogP contribution in [0.1, 0.15) is 69.4 Å². The number of likely N-dealkylation sites (tertiary alicyclic amines) is 1. The lowest BCUT2D eigenvalue weighted by atomic mass is 9.82. The predicted molar refractivity (Wildman–Crippen MR) is 102 cm³/mol. The molecule has 1 atom stereocenters. The lowest BCUT2D eigenvalue weighted by Crippen LogP contribution is -2.54. The van der Waals surface area contributed by atoms with Crippen LogP contribution in [0.5, 0.6) is 0 Å². The molecule has 0 aromatic heterocycles. The zero-order valence-electron chi connectivity index (χ0n) is 15.6. The number of hydrogen-bond acceptors (Lipinski definition) is 3. The first kappa shape index (κ1) is 18.4. The molecule has 1 aliphatic carbocycles. The Balaban J connectivity index is 1.49. The first-order chi connectivity index (χ1) is 12.1. The second-order valence-corrected chi connectivity index (χ2v) is 8.03. The molecular weight excluding hydrogens is 310 g/mol. The van der Waals surface area contributed by atoms with Crippen LogP contribution in [-0.4, -0.2) is 28.9 Å². The van der Waals surface area contributed by atoms with Crippen molar-refractivity contribution < 1.29 is 4.79 Å². The summed E-state index contributed by atoms with van der Waals surface area (Å²) in [7, 11) is 0. The van der Waals surface area contributed by atoms with Crippen molar-refractivity contribution in [1.82, 2.24) is 10.2 Å². The summed E-state index contributed by atoms with van der Waals surface area (Å²) in [6.45, 7) is 5.13. The second-order valence-electron chi connectivity index (χ2n) is 8.03. The summed E-state index contributed by atoms with van der Waals surface area (Å²) in [6.07, 6.45) is 8.93. The molecule has 1 saturated heterocycles. The Labute approximate surface area is 152 Å². The summed E-state index contributed by atoms with van der Waals surface area (Å²) in [5.41, 5.74) is 8.14. The maximum Gasteiger partial charge on any atom is 0.240 e. The van der Waals surface area contributed by atoms with Gasteiger partial charge in [0.1, 0.15) is 0 Å². The van der Waals surface area contributed by atoms with Gasteiger partial charge in [0.25, 0.3) is 0 Å². The number of benzene rings is 1. The van der Waals surface area contributed by atoms with Crippen molar-refractivity contribution in [3.63, 3.8) is 0 Å². The first-order valence-corrected chi connectivity index (χ1v) is 9.96. The highest BCUT2D eigenvalue weighted by Gasteiger charge is 2.34. The average Bonchev–Trinajstić information content (AvgIpc) is 2.63. The monoisotopic (exact) mass is 343 g/mol. The van der Waals surface area contributed by atoms with Crippen molar-refractivity contribution in [1.29, 1.82) is 0 Å². The normalized spacial score (nSPS) is 24.0. The molecule has 138 valence electrons. The van der Waals surface area contributed by atoms with E-state index in [4.69, 9.17) is 5.73 Å². The molecule has 3 rings (SSSR count). The van der Waals surface area contributed by atoms with E-state index >= 15 is 0 Å². The number of nitrogens with two attached hydrogens (primary N) is 1. The van der Waals surface area contributed by atoms with Crippen LogP contribution in [0.2, 0.25) is 0 Å². The molecule has 0 bridgehead atoms. The maximum atomic E-state index is 12.4. The number of carbonyl (C=O) groups is 1. The largest absolute Gasteiger partial charge is 0.350 e. The molecule has 1 aromatic rings. The van der Waals surface area contributed by atoms with Gasteiger partial charge in [0, 0.05) is 19.1 Å². The fourth-order valence-corrected chi connectivity index (χ4v) is 4.16. The number of carbonyl (C=O) groups excluding carboxylic acids is 1. The van der Waals surface area contributed by atoms with Gasteiger partial charge < -0.3 is 11.1 Å². The Morgan fingerprint density at radius 2 is 1.80 bits per heavy atom. The van der Waals surface area contributed by atoms with Crippen LogP contribution in [0.15, 0.2) is 24.3 Å². The van der Waals surface area contributed by atoms with Gasteiger partial charge in [0.15, 0.2) is 0 Å². The van der Waals surface area contributed by atoms with Crippen molar-refractivity contribution in [3.8, 4) is 0 Å². The minimum absolute atomic E-state index is 0.0124. The Bertz CT molecular complexity index is 563. The van der Waals surface area contributed by atoms with Crippen LogP contribution in [0.25, 0.3) is 0 Å². The third-order valence-electron chi connectivity index (χ3n) is 6.00. The molecule has 2 aliphatic rings. The summed E-state index contributed by atoms with van der Waals surface area (Å²) in [4.78, 5) is 15.0. The molecule has 1 saturated carbocycles. The van der Waals surface area contributed by atoms with Gasteiger partial charge in [-0.15, -0.1) is 0 Å². The average molecular weight is 344 g/mol. The minimum atomic E-state index is -0.650. The van der Waals surface area contributed by atoms with Crippen molar-refractivity contribution >= 4 is 5.91 Å². The van der Waals surface area contributed by atoms with E-state index in [1.165, 1.54) is 37.8 Å². The second kappa shape index (κ2) is 8.33. The Kier molecular flexibility index (Phi) is 6.13. The van der Waals surface area contributed by atoms with Crippen molar-refractivity contribution in [2.75, 3.05) is 6.54 Å². The van der Waals surface area contributed by atoms with Crippen LogP contribution >= 0.6 is 0 Å². The Morgan fingerprint density at radius 3 is 2.48 bits per heavy atom. The topological polar surface area (TPSA) is 58.4 Å². The van der Waals surface area contributed by atoms with Gasteiger partial charge in [0.05, 0.1) is 5.54 Å². The van der Waals surface area contributed by atoms with E-state index < -0.39 is 5.54 Å². The highest BCUT2D eigenvalue weighted by Crippen LogP contribution is 2.26. The summed E-state index contributed by atoms with van der Waals surface area (Å²) in [5, 5.41) is 3.04. The molecule has 4 nitrogen and oxygen atoms in total. The Morgan fingerprint density at radius 1 is 1.12 bits per heavy atom.